The first-order chi connectivity index (χ1) is 6.97. The second-order valence-corrected chi connectivity index (χ2v) is 4.30. The zero-order valence-corrected chi connectivity index (χ0v) is 9.42. The lowest BCUT2D eigenvalue weighted by molar-refractivity contribution is -0.149. The summed E-state index contributed by atoms with van der Waals surface area (Å²) in [7, 11) is 1.31. The number of esters is 1. The Hall–Kier alpha value is -1.10. The van der Waals surface area contributed by atoms with Crippen LogP contribution in [0, 0.1) is 5.92 Å². The molecule has 1 heterocycles. The van der Waals surface area contributed by atoms with Crippen LogP contribution in [0.4, 0.5) is 0 Å². The summed E-state index contributed by atoms with van der Waals surface area (Å²) >= 11 is 0. The molecule has 86 valence electrons. The summed E-state index contributed by atoms with van der Waals surface area (Å²) in [6.45, 7) is 4.82. The van der Waals surface area contributed by atoms with Crippen molar-refractivity contribution in [2.45, 2.75) is 25.8 Å². The molecule has 0 aromatic heterocycles. The number of carbonyl (C=O) groups excluding carboxylic acids is 2. The fourth-order valence-corrected chi connectivity index (χ4v) is 1.59. The molecule has 5 heteroatoms. The van der Waals surface area contributed by atoms with E-state index < -0.39 is 11.5 Å². The highest BCUT2D eigenvalue weighted by Crippen LogP contribution is 2.11. The Bertz CT molecular complexity index is 257. The van der Waals surface area contributed by atoms with Crippen molar-refractivity contribution in [1.29, 1.82) is 0 Å². The van der Waals surface area contributed by atoms with Gasteiger partial charge in [-0.2, -0.15) is 0 Å². The van der Waals surface area contributed by atoms with Gasteiger partial charge >= 0.3 is 5.97 Å². The maximum atomic E-state index is 11.7. The molecule has 5 nitrogen and oxygen atoms in total. The molecule has 0 unspecified atom stereocenters. The molecule has 2 N–H and O–H groups in total. The van der Waals surface area contributed by atoms with Gasteiger partial charge in [0.1, 0.15) is 5.54 Å². The van der Waals surface area contributed by atoms with Crippen molar-refractivity contribution >= 4 is 11.9 Å². The van der Waals surface area contributed by atoms with Crippen LogP contribution >= 0.6 is 0 Å². The standard InChI is InChI=1S/C10H18N2O3/c1-10(2,9(14)15-3)12-8(13)7-4-5-11-6-7/h7,11H,4-6H2,1-3H3,(H,12,13)/t7-/m1/s1. The molecule has 0 aromatic rings. The molecule has 0 aliphatic carbocycles. The van der Waals surface area contributed by atoms with Crippen LogP contribution in [0.2, 0.25) is 0 Å². The lowest BCUT2D eigenvalue weighted by Gasteiger charge is -2.24. The molecular formula is C10H18N2O3. The molecule has 1 aliphatic rings. The van der Waals surface area contributed by atoms with Crippen molar-refractivity contribution in [3.05, 3.63) is 0 Å². The van der Waals surface area contributed by atoms with Crippen LogP contribution in [0.15, 0.2) is 0 Å². The van der Waals surface area contributed by atoms with Gasteiger partial charge in [-0.15, -0.1) is 0 Å². The van der Waals surface area contributed by atoms with Gasteiger partial charge in [-0.25, -0.2) is 4.79 Å². The van der Waals surface area contributed by atoms with Crippen LogP contribution < -0.4 is 10.6 Å². The highest BCUT2D eigenvalue weighted by molar-refractivity contribution is 5.88. The summed E-state index contributed by atoms with van der Waals surface area (Å²) < 4.78 is 4.61. The van der Waals surface area contributed by atoms with Crippen LogP contribution in [-0.2, 0) is 14.3 Å². The van der Waals surface area contributed by atoms with Crippen molar-refractivity contribution in [3.8, 4) is 0 Å². The maximum Gasteiger partial charge on any atom is 0.330 e. The van der Waals surface area contributed by atoms with Gasteiger partial charge in [-0.1, -0.05) is 0 Å². The summed E-state index contributed by atoms with van der Waals surface area (Å²) in [6.07, 6.45) is 0.823. The molecule has 1 fully saturated rings. The predicted octanol–water partition coefficient (Wildman–Crippen LogP) is -0.336. The summed E-state index contributed by atoms with van der Waals surface area (Å²) in [6, 6.07) is 0. The fourth-order valence-electron chi connectivity index (χ4n) is 1.59. The molecule has 1 saturated heterocycles. The van der Waals surface area contributed by atoms with E-state index in [9.17, 15) is 9.59 Å². The van der Waals surface area contributed by atoms with E-state index in [0.717, 1.165) is 13.0 Å². The number of nitrogens with one attached hydrogen (secondary N) is 2. The topological polar surface area (TPSA) is 67.4 Å². The van der Waals surface area contributed by atoms with Gasteiger partial charge in [0.2, 0.25) is 5.91 Å². The molecule has 0 aromatic carbocycles. The molecular weight excluding hydrogens is 196 g/mol. The van der Waals surface area contributed by atoms with E-state index in [1.54, 1.807) is 13.8 Å². The summed E-state index contributed by atoms with van der Waals surface area (Å²) in [5, 5.41) is 5.80. The first kappa shape index (κ1) is 12.0. The van der Waals surface area contributed by atoms with Crippen molar-refractivity contribution in [1.82, 2.24) is 10.6 Å². The van der Waals surface area contributed by atoms with Gasteiger partial charge in [-0.3, -0.25) is 4.79 Å². The molecule has 1 rings (SSSR count). The number of hydrogen-bond acceptors (Lipinski definition) is 4. The predicted molar refractivity (Wildman–Crippen MR) is 55.2 cm³/mol. The highest BCUT2D eigenvalue weighted by atomic mass is 16.5. The molecule has 0 radical (unpaired) electrons. The normalized spacial score (nSPS) is 21.1. The van der Waals surface area contributed by atoms with Gasteiger partial charge in [0.25, 0.3) is 0 Å². The van der Waals surface area contributed by atoms with Crippen LogP contribution in [0.3, 0.4) is 0 Å². The first-order valence-electron chi connectivity index (χ1n) is 5.08. The summed E-state index contributed by atoms with van der Waals surface area (Å²) in [4.78, 5) is 23.1. The molecule has 1 amide bonds. The van der Waals surface area contributed by atoms with Crippen LogP contribution in [-0.4, -0.2) is 37.6 Å². The average Bonchev–Trinajstić information content (AvgIpc) is 2.68. The van der Waals surface area contributed by atoms with Crippen LogP contribution in [0.1, 0.15) is 20.3 Å². The zero-order chi connectivity index (χ0) is 11.5. The lowest BCUT2D eigenvalue weighted by Crippen LogP contribution is -2.52. The number of rotatable bonds is 3. The molecule has 1 atom stereocenters. The third kappa shape index (κ3) is 2.92. The van der Waals surface area contributed by atoms with E-state index in [4.69, 9.17) is 0 Å². The fraction of sp³-hybridized carbons (Fsp3) is 0.800. The number of methoxy groups -OCH3 is 1. The Balaban J connectivity index is 2.52. The van der Waals surface area contributed by atoms with Crippen LogP contribution in [0.25, 0.3) is 0 Å². The Morgan fingerprint density at radius 3 is 2.60 bits per heavy atom. The minimum atomic E-state index is -0.950. The van der Waals surface area contributed by atoms with Gasteiger partial charge in [-0.05, 0) is 26.8 Å². The first-order valence-corrected chi connectivity index (χ1v) is 5.08. The van der Waals surface area contributed by atoms with Crippen molar-refractivity contribution < 1.29 is 14.3 Å². The minimum absolute atomic E-state index is 0.0334. The quantitative estimate of drug-likeness (QED) is 0.631. The van der Waals surface area contributed by atoms with Crippen LogP contribution in [0.5, 0.6) is 0 Å². The van der Waals surface area contributed by atoms with E-state index in [1.807, 2.05) is 0 Å². The summed E-state index contributed by atoms with van der Waals surface area (Å²) in [5.74, 6) is -0.550. The van der Waals surface area contributed by atoms with E-state index >= 15 is 0 Å². The third-order valence-electron chi connectivity index (χ3n) is 2.56. The number of carbonyl (C=O) groups is 2. The van der Waals surface area contributed by atoms with Gasteiger partial charge < -0.3 is 15.4 Å². The zero-order valence-electron chi connectivity index (χ0n) is 9.42. The highest BCUT2D eigenvalue weighted by Gasteiger charge is 2.33. The molecule has 1 aliphatic heterocycles. The van der Waals surface area contributed by atoms with E-state index in [1.165, 1.54) is 7.11 Å². The smallest absolute Gasteiger partial charge is 0.330 e. The maximum absolute atomic E-state index is 11.7. The largest absolute Gasteiger partial charge is 0.467 e. The van der Waals surface area contributed by atoms with E-state index in [0.29, 0.717) is 6.54 Å². The number of ether oxygens (including phenoxy) is 1. The molecule has 15 heavy (non-hydrogen) atoms. The van der Waals surface area contributed by atoms with E-state index in [2.05, 4.69) is 15.4 Å². The molecule has 0 spiro atoms. The Morgan fingerprint density at radius 2 is 2.13 bits per heavy atom. The lowest BCUT2D eigenvalue weighted by atomic mass is 10.0. The van der Waals surface area contributed by atoms with Gasteiger partial charge in [0, 0.05) is 6.54 Å². The van der Waals surface area contributed by atoms with Gasteiger partial charge in [0.05, 0.1) is 13.0 Å². The number of hydrogen-bond donors (Lipinski definition) is 2. The third-order valence-corrected chi connectivity index (χ3v) is 2.56. The Morgan fingerprint density at radius 1 is 1.47 bits per heavy atom. The van der Waals surface area contributed by atoms with E-state index in [-0.39, 0.29) is 11.8 Å². The van der Waals surface area contributed by atoms with Gasteiger partial charge in [0.15, 0.2) is 0 Å². The van der Waals surface area contributed by atoms with Crippen molar-refractivity contribution in [2.24, 2.45) is 5.92 Å². The number of amides is 1. The second-order valence-electron chi connectivity index (χ2n) is 4.30. The van der Waals surface area contributed by atoms with Crippen molar-refractivity contribution in [2.75, 3.05) is 20.2 Å². The monoisotopic (exact) mass is 214 g/mol. The Labute approximate surface area is 89.6 Å². The SMILES string of the molecule is COC(=O)C(C)(C)NC(=O)[C@@H]1CCNC1. The minimum Gasteiger partial charge on any atom is -0.467 e. The average molecular weight is 214 g/mol. The Kier molecular flexibility index (Phi) is 3.68. The van der Waals surface area contributed by atoms with Crippen molar-refractivity contribution in [3.63, 3.8) is 0 Å². The molecule has 0 saturated carbocycles. The molecule has 0 bridgehead atoms. The second kappa shape index (κ2) is 4.61. The summed E-state index contributed by atoms with van der Waals surface area (Å²) in [5.41, 5.74) is -0.950.